The van der Waals surface area contributed by atoms with Gasteiger partial charge >= 0.3 is 0 Å². The molecule has 1 aliphatic rings. The Morgan fingerprint density at radius 3 is 2.40 bits per heavy atom. The fourth-order valence-corrected chi connectivity index (χ4v) is 4.88. The van der Waals surface area contributed by atoms with Crippen molar-refractivity contribution in [1.82, 2.24) is 0 Å². The number of sulfone groups is 1. The van der Waals surface area contributed by atoms with E-state index in [9.17, 15) is 13.5 Å². The summed E-state index contributed by atoms with van der Waals surface area (Å²) < 4.78 is 25.4. The molecule has 1 fully saturated rings. The molecule has 0 aliphatic heterocycles. The maximum atomic E-state index is 12.7. The van der Waals surface area contributed by atoms with Crippen molar-refractivity contribution in [3.05, 3.63) is 42.5 Å². The molecule has 0 radical (unpaired) electrons. The third kappa shape index (κ3) is 2.34. The highest BCUT2D eigenvalue weighted by Gasteiger charge is 2.35. The first-order valence-electron chi connectivity index (χ1n) is 7.00. The first-order valence-corrected chi connectivity index (χ1v) is 8.54. The highest BCUT2D eigenvalue weighted by atomic mass is 32.2. The Labute approximate surface area is 119 Å². The molecule has 0 aromatic heterocycles. The number of hydrogen-bond donors (Lipinski definition) is 1. The Morgan fingerprint density at radius 1 is 0.950 bits per heavy atom. The number of aliphatic hydroxyl groups is 1. The number of benzene rings is 2. The van der Waals surface area contributed by atoms with E-state index in [-0.39, 0.29) is 0 Å². The third-order valence-corrected chi connectivity index (χ3v) is 6.37. The smallest absolute Gasteiger partial charge is 0.183 e. The van der Waals surface area contributed by atoms with Crippen LogP contribution in [0.2, 0.25) is 0 Å². The summed E-state index contributed by atoms with van der Waals surface area (Å²) in [6.07, 6.45) is 2.17. The van der Waals surface area contributed by atoms with Crippen LogP contribution in [0.25, 0.3) is 10.8 Å². The lowest BCUT2D eigenvalue weighted by Gasteiger charge is -2.27. The molecule has 1 aliphatic carbocycles. The van der Waals surface area contributed by atoms with Crippen molar-refractivity contribution in [1.29, 1.82) is 0 Å². The Morgan fingerprint density at radius 2 is 1.65 bits per heavy atom. The van der Waals surface area contributed by atoms with E-state index in [1.165, 1.54) is 0 Å². The van der Waals surface area contributed by atoms with Crippen molar-refractivity contribution >= 4 is 20.6 Å². The number of aliphatic hydroxyl groups excluding tert-OH is 1. The molecule has 0 unspecified atom stereocenters. The van der Waals surface area contributed by atoms with Crippen molar-refractivity contribution in [2.24, 2.45) is 0 Å². The molecule has 106 valence electrons. The molecule has 0 saturated heterocycles. The molecule has 3 rings (SSSR count). The van der Waals surface area contributed by atoms with Gasteiger partial charge in [0.05, 0.1) is 16.2 Å². The summed E-state index contributed by atoms with van der Waals surface area (Å²) in [5.41, 5.74) is 0. The van der Waals surface area contributed by atoms with Crippen molar-refractivity contribution < 1.29 is 13.5 Å². The zero-order valence-corrected chi connectivity index (χ0v) is 12.0. The summed E-state index contributed by atoms with van der Waals surface area (Å²) in [5.74, 6) is 0. The van der Waals surface area contributed by atoms with Gasteiger partial charge in [0, 0.05) is 0 Å². The molecule has 0 bridgehead atoms. The third-order valence-electron chi connectivity index (χ3n) is 4.12. The number of fused-ring (bicyclic) bond motifs is 1. The second-order valence-electron chi connectivity index (χ2n) is 5.44. The molecule has 4 heteroatoms. The Balaban J connectivity index is 2.04. The quantitative estimate of drug-likeness (QED) is 0.925. The van der Waals surface area contributed by atoms with Crippen LogP contribution in [0.3, 0.4) is 0 Å². The predicted octanol–water partition coefficient (Wildman–Crippen LogP) is 2.92. The molecule has 2 aromatic carbocycles. The predicted molar refractivity (Wildman–Crippen MR) is 79.4 cm³/mol. The van der Waals surface area contributed by atoms with Gasteiger partial charge in [0.25, 0.3) is 0 Å². The number of hydrogen-bond acceptors (Lipinski definition) is 3. The maximum absolute atomic E-state index is 12.7. The zero-order valence-electron chi connectivity index (χ0n) is 11.2. The summed E-state index contributed by atoms with van der Waals surface area (Å²) in [6, 6.07) is 12.9. The van der Waals surface area contributed by atoms with Crippen molar-refractivity contribution in [3.8, 4) is 0 Å². The van der Waals surface area contributed by atoms with Gasteiger partial charge in [0.15, 0.2) is 9.84 Å². The molecule has 20 heavy (non-hydrogen) atoms. The summed E-state index contributed by atoms with van der Waals surface area (Å²) in [5, 5.41) is 11.3. The van der Waals surface area contributed by atoms with Crippen LogP contribution in [-0.2, 0) is 9.84 Å². The van der Waals surface area contributed by atoms with Crippen LogP contribution in [0, 0.1) is 0 Å². The van der Waals surface area contributed by atoms with Gasteiger partial charge in [-0.25, -0.2) is 8.42 Å². The lowest BCUT2D eigenvalue weighted by atomic mass is 9.97. The normalized spacial score (nSPS) is 23.9. The summed E-state index contributed by atoms with van der Waals surface area (Å²) in [4.78, 5) is 0.321. The second-order valence-corrected chi connectivity index (χ2v) is 7.61. The average Bonchev–Trinajstić information content (AvgIpc) is 2.47. The lowest BCUT2D eigenvalue weighted by molar-refractivity contribution is 0.133. The average molecular weight is 290 g/mol. The van der Waals surface area contributed by atoms with Gasteiger partial charge in [-0.15, -0.1) is 0 Å². The highest BCUT2D eigenvalue weighted by Crippen LogP contribution is 2.30. The van der Waals surface area contributed by atoms with Crippen LogP contribution in [0.4, 0.5) is 0 Å². The second kappa shape index (κ2) is 5.19. The molecule has 3 nitrogen and oxygen atoms in total. The summed E-state index contributed by atoms with van der Waals surface area (Å²) >= 11 is 0. The van der Waals surface area contributed by atoms with E-state index in [1.54, 1.807) is 12.1 Å². The minimum Gasteiger partial charge on any atom is -0.392 e. The zero-order chi connectivity index (χ0) is 14.2. The van der Waals surface area contributed by atoms with Crippen LogP contribution in [0.5, 0.6) is 0 Å². The molecule has 2 atom stereocenters. The topological polar surface area (TPSA) is 54.4 Å². The van der Waals surface area contributed by atoms with Gasteiger partial charge in [-0.1, -0.05) is 43.2 Å². The summed E-state index contributed by atoms with van der Waals surface area (Å²) in [6.45, 7) is 0. The fraction of sp³-hybridized carbons (Fsp3) is 0.375. The van der Waals surface area contributed by atoms with Crippen molar-refractivity contribution in [2.75, 3.05) is 0 Å². The molecule has 0 amide bonds. The molecular weight excluding hydrogens is 272 g/mol. The van der Waals surface area contributed by atoms with Crippen molar-refractivity contribution in [3.63, 3.8) is 0 Å². The Kier molecular flexibility index (Phi) is 3.52. The van der Waals surface area contributed by atoms with E-state index < -0.39 is 21.2 Å². The van der Waals surface area contributed by atoms with Crippen LogP contribution in [0.1, 0.15) is 25.7 Å². The molecule has 0 heterocycles. The van der Waals surface area contributed by atoms with Gasteiger partial charge in [-0.05, 0) is 35.7 Å². The van der Waals surface area contributed by atoms with E-state index in [0.29, 0.717) is 17.7 Å². The van der Waals surface area contributed by atoms with E-state index in [2.05, 4.69) is 0 Å². The fourth-order valence-electron chi connectivity index (χ4n) is 2.96. The Hall–Kier alpha value is -1.39. The highest BCUT2D eigenvalue weighted by molar-refractivity contribution is 7.92. The van der Waals surface area contributed by atoms with Gasteiger partial charge < -0.3 is 5.11 Å². The minimum atomic E-state index is -3.45. The SMILES string of the molecule is O=S(=O)(c1ccc2ccccc2c1)[C@@H]1CCCC[C@H]1O. The van der Waals surface area contributed by atoms with Crippen LogP contribution < -0.4 is 0 Å². The van der Waals surface area contributed by atoms with E-state index in [1.807, 2.05) is 30.3 Å². The van der Waals surface area contributed by atoms with E-state index >= 15 is 0 Å². The van der Waals surface area contributed by atoms with Gasteiger partial charge in [0.1, 0.15) is 0 Å². The minimum absolute atomic E-state index is 0.321. The first kappa shape index (κ1) is 13.6. The van der Waals surface area contributed by atoms with Crippen molar-refractivity contribution in [2.45, 2.75) is 41.9 Å². The van der Waals surface area contributed by atoms with Gasteiger partial charge in [-0.2, -0.15) is 0 Å². The molecular formula is C16H18O3S. The van der Waals surface area contributed by atoms with Crippen LogP contribution >= 0.6 is 0 Å². The Bertz CT molecular complexity index is 721. The number of rotatable bonds is 2. The largest absolute Gasteiger partial charge is 0.392 e. The van der Waals surface area contributed by atoms with Crippen LogP contribution in [0.15, 0.2) is 47.4 Å². The van der Waals surface area contributed by atoms with Gasteiger partial charge in [-0.3, -0.25) is 0 Å². The first-order chi connectivity index (χ1) is 9.59. The standard InChI is InChI=1S/C16H18O3S/c17-15-7-3-4-8-16(15)20(18,19)14-10-9-12-5-1-2-6-13(12)11-14/h1-2,5-6,9-11,15-17H,3-4,7-8H2/t15-,16-/m1/s1. The van der Waals surface area contributed by atoms with Gasteiger partial charge in [0.2, 0.25) is 0 Å². The molecule has 0 spiro atoms. The molecule has 2 aromatic rings. The maximum Gasteiger partial charge on any atom is 0.183 e. The monoisotopic (exact) mass is 290 g/mol. The molecule has 1 saturated carbocycles. The summed E-state index contributed by atoms with van der Waals surface area (Å²) in [7, 11) is -3.45. The lowest BCUT2D eigenvalue weighted by Crippen LogP contribution is -2.36. The molecule has 1 N–H and O–H groups in total. The van der Waals surface area contributed by atoms with E-state index in [4.69, 9.17) is 0 Å². The van der Waals surface area contributed by atoms with Crippen LogP contribution in [-0.4, -0.2) is 24.9 Å². The van der Waals surface area contributed by atoms with E-state index in [0.717, 1.165) is 23.6 Å².